The first-order chi connectivity index (χ1) is 12.1. The van der Waals surface area contributed by atoms with Crippen molar-refractivity contribution >= 4 is 17.6 Å². The van der Waals surface area contributed by atoms with Gasteiger partial charge < -0.3 is 24.5 Å². The van der Waals surface area contributed by atoms with Crippen molar-refractivity contribution in [2.75, 3.05) is 32.1 Å². The first-order valence-electron chi connectivity index (χ1n) is 7.49. The van der Waals surface area contributed by atoms with Crippen LogP contribution in [0.4, 0.5) is 5.69 Å². The zero-order valence-corrected chi connectivity index (χ0v) is 13.4. The average Bonchev–Trinajstić information content (AvgIpc) is 3.26. The Kier molecular flexibility index (Phi) is 4.75. The second kappa shape index (κ2) is 7.14. The van der Waals surface area contributed by atoms with E-state index in [2.05, 4.69) is 15.5 Å². The molecular weight excluding hydrogens is 328 g/mol. The van der Waals surface area contributed by atoms with Crippen LogP contribution >= 0.6 is 0 Å². The quantitative estimate of drug-likeness (QED) is 0.724. The van der Waals surface area contributed by atoms with Crippen molar-refractivity contribution in [2.24, 2.45) is 0 Å². The summed E-state index contributed by atoms with van der Waals surface area (Å²) >= 11 is 0. The van der Waals surface area contributed by atoms with Crippen molar-refractivity contribution in [3.05, 3.63) is 41.9 Å². The number of ether oxygens (including phenoxy) is 1. The summed E-state index contributed by atoms with van der Waals surface area (Å²) in [4.78, 5) is 25.7. The molecule has 130 valence electrons. The van der Waals surface area contributed by atoms with Crippen molar-refractivity contribution in [3.63, 3.8) is 0 Å². The number of aromatic nitrogens is 2. The van der Waals surface area contributed by atoms with Crippen LogP contribution in [-0.2, 0) is 14.3 Å². The normalized spacial score (nSPS) is 14.2. The van der Waals surface area contributed by atoms with E-state index in [4.69, 9.17) is 14.3 Å². The second-order valence-corrected chi connectivity index (χ2v) is 5.24. The number of carbonyl (C=O) groups excluding carboxylic acids is 2. The molecular formula is C16H16N4O5. The van der Waals surface area contributed by atoms with Crippen LogP contribution in [0.3, 0.4) is 0 Å². The van der Waals surface area contributed by atoms with Gasteiger partial charge in [0.1, 0.15) is 5.70 Å². The monoisotopic (exact) mass is 344 g/mol. The number of esters is 1. The Hall–Kier alpha value is -3.20. The van der Waals surface area contributed by atoms with Gasteiger partial charge in [-0.3, -0.25) is 4.79 Å². The predicted molar refractivity (Wildman–Crippen MR) is 86.1 cm³/mol. The minimum absolute atomic E-state index is 0.0917. The number of rotatable bonds is 6. The molecule has 9 nitrogen and oxygen atoms in total. The number of β-amino-alcohol motifs (C(OH)–C–C–N with tert-alkyl or cyclic N) is 1. The fourth-order valence-corrected chi connectivity index (χ4v) is 2.49. The number of anilines is 1. The van der Waals surface area contributed by atoms with E-state index in [9.17, 15) is 9.59 Å². The van der Waals surface area contributed by atoms with E-state index in [-0.39, 0.29) is 36.9 Å². The lowest BCUT2D eigenvalue weighted by molar-refractivity contribution is -0.136. The molecule has 0 spiro atoms. The number of aliphatic hydroxyl groups is 1. The summed E-state index contributed by atoms with van der Waals surface area (Å²) < 4.78 is 9.86. The third-order valence-corrected chi connectivity index (χ3v) is 3.71. The van der Waals surface area contributed by atoms with Crippen LogP contribution in [0, 0.1) is 0 Å². The van der Waals surface area contributed by atoms with E-state index in [1.54, 1.807) is 24.3 Å². The maximum absolute atomic E-state index is 12.4. The molecule has 0 fully saturated rings. The summed E-state index contributed by atoms with van der Waals surface area (Å²) in [7, 11) is 1.26. The Morgan fingerprint density at radius 1 is 1.40 bits per heavy atom. The van der Waals surface area contributed by atoms with Crippen molar-refractivity contribution in [1.29, 1.82) is 0 Å². The first-order valence-corrected chi connectivity index (χ1v) is 7.49. The molecule has 3 rings (SSSR count). The summed E-state index contributed by atoms with van der Waals surface area (Å²) in [5.41, 5.74) is 1.71. The van der Waals surface area contributed by atoms with Crippen LogP contribution < -0.4 is 5.32 Å². The number of aliphatic hydroxyl groups excluding tert-OH is 1. The molecule has 0 saturated heterocycles. The third kappa shape index (κ3) is 3.36. The molecule has 1 aliphatic heterocycles. The fraction of sp³-hybridized carbons (Fsp3) is 0.250. The number of benzene rings is 1. The third-order valence-electron chi connectivity index (χ3n) is 3.71. The summed E-state index contributed by atoms with van der Waals surface area (Å²) in [6.07, 6.45) is 1.24. The summed E-state index contributed by atoms with van der Waals surface area (Å²) in [5, 5.41) is 19.4. The maximum Gasteiger partial charge on any atom is 0.337 e. The molecule has 1 aromatic heterocycles. The molecule has 0 bridgehead atoms. The number of methoxy groups -OCH3 is 1. The topological polar surface area (TPSA) is 118 Å². The van der Waals surface area contributed by atoms with E-state index in [1.807, 2.05) is 0 Å². The lowest BCUT2D eigenvalue weighted by Gasteiger charge is -2.15. The fourth-order valence-electron chi connectivity index (χ4n) is 2.49. The van der Waals surface area contributed by atoms with Crippen LogP contribution in [0.1, 0.15) is 0 Å². The van der Waals surface area contributed by atoms with E-state index in [0.717, 1.165) is 5.56 Å². The molecule has 25 heavy (non-hydrogen) atoms. The van der Waals surface area contributed by atoms with Crippen LogP contribution in [0.5, 0.6) is 0 Å². The Bertz CT molecular complexity index is 798. The Balaban J connectivity index is 1.83. The highest BCUT2D eigenvalue weighted by Crippen LogP contribution is 2.24. The second-order valence-electron chi connectivity index (χ2n) is 5.24. The SMILES string of the molecule is COC(=O)C1=C(Nc2ccc(-c3nnco3)cc2)C(=O)N(CCO)C1. The van der Waals surface area contributed by atoms with Gasteiger partial charge in [0.05, 0.1) is 25.8 Å². The number of hydrogen-bond acceptors (Lipinski definition) is 8. The molecule has 9 heteroatoms. The van der Waals surface area contributed by atoms with Crippen molar-refractivity contribution < 1.29 is 23.8 Å². The van der Waals surface area contributed by atoms with Gasteiger partial charge >= 0.3 is 5.97 Å². The molecule has 0 atom stereocenters. The number of nitrogens with one attached hydrogen (secondary N) is 1. The molecule has 2 aromatic rings. The van der Waals surface area contributed by atoms with Gasteiger partial charge in [-0.15, -0.1) is 10.2 Å². The smallest absolute Gasteiger partial charge is 0.337 e. The summed E-state index contributed by atoms with van der Waals surface area (Å²) in [5.74, 6) is -0.568. The van der Waals surface area contributed by atoms with Crippen molar-refractivity contribution in [3.8, 4) is 11.5 Å². The molecule has 0 aliphatic carbocycles. The van der Waals surface area contributed by atoms with Gasteiger partial charge in [0, 0.05) is 17.8 Å². The molecule has 0 unspecified atom stereocenters. The van der Waals surface area contributed by atoms with Crippen LogP contribution in [0.25, 0.3) is 11.5 Å². The van der Waals surface area contributed by atoms with Gasteiger partial charge in [-0.05, 0) is 24.3 Å². The molecule has 1 amide bonds. The number of amides is 1. The first kappa shape index (κ1) is 16.7. The van der Waals surface area contributed by atoms with Crippen LogP contribution in [-0.4, -0.2) is 58.9 Å². The van der Waals surface area contributed by atoms with E-state index in [0.29, 0.717) is 11.6 Å². The Morgan fingerprint density at radius 3 is 2.76 bits per heavy atom. The van der Waals surface area contributed by atoms with E-state index >= 15 is 0 Å². The molecule has 0 saturated carbocycles. The van der Waals surface area contributed by atoms with E-state index in [1.165, 1.54) is 18.4 Å². The molecule has 2 N–H and O–H groups in total. The summed E-state index contributed by atoms with van der Waals surface area (Å²) in [6.45, 7) is 0.0431. The van der Waals surface area contributed by atoms with Gasteiger partial charge in [-0.25, -0.2) is 4.79 Å². The van der Waals surface area contributed by atoms with Crippen LogP contribution in [0.2, 0.25) is 0 Å². The minimum Gasteiger partial charge on any atom is -0.466 e. The molecule has 1 aromatic carbocycles. The van der Waals surface area contributed by atoms with Crippen molar-refractivity contribution in [2.45, 2.75) is 0 Å². The zero-order valence-electron chi connectivity index (χ0n) is 13.4. The number of hydrogen-bond donors (Lipinski definition) is 2. The standard InChI is InChI=1S/C16H16N4O5/c1-24-16(23)12-8-20(6-7-21)15(22)13(12)18-11-4-2-10(3-5-11)14-19-17-9-25-14/h2-5,9,18,21H,6-8H2,1H3. The minimum atomic E-state index is -0.584. The highest BCUT2D eigenvalue weighted by atomic mass is 16.5. The summed E-state index contributed by atoms with van der Waals surface area (Å²) in [6, 6.07) is 6.95. The maximum atomic E-state index is 12.4. The highest BCUT2D eigenvalue weighted by molar-refractivity contribution is 6.08. The molecule has 1 aliphatic rings. The zero-order chi connectivity index (χ0) is 17.8. The van der Waals surface area contributed by atoms with E-state index < -0.39 is 5.97 Å². The predicted octanol–water partition coefficient (Wildman–Crippen LogP) is 0.410. The van der Waals surface area contributed by atoms with Crippen molar-refractivity contribution in [1.82, 2.24) is 15.1 Å². The van der Waals surface area contributed by atoms with Crippen LogP contribution in [0.15, 0.2) is 46.3 Å². The number of carbonyl (C=O) groups is 2. The lowest BCUT2D eigenvalue weighted by atomic mass is 10.2. The highest BCUT2D eigenvalue weighted by Gasteiger charge is 2.34. The molecule has 0 radical (unpaired) electrons. The Morgan fingerprint density at radius 2 is 2.16 bits per heavy atom. The largest absolute Gasteiger partial charge is 0.466 e. The number of nitrogens with zero attached hydrogens (tertiary/aromatic N) is 3. The van der Waals surface area contributed by atoms with Gasteiger partial charge in [-0.2, -0.15) is 0 Å². The van der Waals surface area contributed by atoms with Gasteiger partial charge in [0.25, 0.3) is 5.91 Å². The lowest BCUT2D eigenvalue weighted by Crippen LogP contribution is -2.31. The van der Waals surface area contributed by atoms with Gasteiger partial charge in [0.2, 0.25) is 12.3 Å². The van der Waals surface area contributed by atoms with Gasteiger partial charge in [-0.1, -0.05) is 0 Å². The average molecular weight is 344 g/mol. The Labute approximate surface area is 142 Å². The molecule has 2 heterocycles. The van der Waals surface area contributed by atoms with Gasteiger partial charge in [0.15, 0.2) is 0 Å².